The Morgan fingerprint density at radius 3 is 2.92 bits per heavy atom. The van der Waals surface area contributed by atoms with Gasteiger partial charge in [-0.05, 0) is 18.8 Å². The molecule has 0 saturated carbocycles. The molecular weight excluding hydrogens is 179 g/mol. The summed E-state index contributed by atoms with van der Waals surface area (Å²) in [5, 5.41) is 5.40. The minimum atomic E-state index is 0.853. The van der Waals surface area contributed by atoms with E-state index in [2.05, 4.69) is 34.4 Å². The second kappa shape index (κ2) is 5.39. The summed E-state index contributed by atoms with van der Waals surface area (Å²) in [7, 11) is 2.66. The van der Waals surface area contributed by atoms with Gasteiger partial charge < -0.3 is 0 Å². The first-order chi connectivity index (χ1) is 6.22. The van der Waals surface area contributed by atoms with E-state index >= 15 is 0 Å². The van der Waals surface area contributed by atoms with E-state index in [0.29, 0.717) is 0 Å². The third kappa shape index (κ3) is 3.91. The third-order valence-corrected chi connectivity index (χ3v) is 2.73. The summed E-state index contributed by atoms with van der Waals surface area (Å²) in [4.78, 5) is 0. The van der Waals surface area contributed by atoms with E-state index in [4.69, 9.17) is 0 Å². The minimum absolute atomic E-state index is 0.853. The molecule has 74 valence electrons. The van der Waals surface area contributed by atoms with Crippen LogP contribution in [0.4, 0.5) is 0 Å². The number of nitrogens with zero attached hydrogens (tertiary/aromatic N) is 2. The standard InChI is InChI=1S/C10H19N2P/c1-3-9(2)5-4-6-12-8-10(13)7-11-12/h7-9H,3-6,13H2,1-2H3. The van der Waals surface area contributed by atoms with Crippen LogP contribution in [0.5, 0.6) is 0 Å². The molecule has 0 aliphatic carbocycles. The molecule has 1 rings (SSSR count). The summed E-state index contributed by atoms with van der Waals surface area (Å²) in [6, 6.07) is 0. The molecule has 0 aliphatic rings. The lowest BCUT2D eigenvalue weighted by molar-refractivity contribution is 0.455. The maximum Gasteiger partial charge on any atom is 0.0561 e. The predicted molar refractivity (Wildman–Crippen MR) is 60.3 cm³/mol. The van der Waals surface area contributed by atoms with Crippen LogP contribution in [-0.2, 0) is 6.54 Å². The molecule has 0 fully saturated rings. The average Bonchev–Trinajstić information content (AvgIpc) is 2.51. The summed E-state index contributed by atoms with van der Waals surface area (Å²) >= 11 is 0. The van der Waals surface area contributed by atoms with E-state index in [1.807, 2.05) is 10.9 Å². The molecule has 0 aliphatic heterocycles. The topological polar surface area (TPSA) is 17.8 Å². The first-order valence-corrected chi connectivity index (χ1v) is 5.58. The molecule has 3 heteroatoms. The molecular formula is C10H19N2P. The fourth-order valence-electron chi connectivity index (χ4n) is 1.31. The van der Waals surface area contributed by atoms with Crippen LogP contribution >= 0.6 is 9.24 Å². The molecule has 0 N–H and O–H groups in total. The molecule has 0 saturated heterocycles. The Balaban J connectivity index is 2.20. The van der Waals surface area contributed by atoms with E-state index < -0.39 is 0 Å². The molecule has 0 bridgehead atoms. The summed E-state index contributed by atoms with van der Waals surface area (Å²) in [6.07, 6.45) is 7.78. The van der Waals surface area contributed by atoms with Gasteiger partial charge in [0.1, 0.15) is 0 Å². The van der Waals surface area contributed by atoms with Crippen LogP contribution in [0.25, 0.3) is 0 Å². The first kappa shape index (κ1) is 10.7. The van der Waals surface area contributed by atoms with Gasteiger partial charge in [-0.1, -0.05) is 20.3 Å². The molecule has 1 aromatic rings. The minimum Gasteiger partial charge on any atom is -0.272 e. The van der Waals surface area contributed by atoms with Gasteiger partial charge in [0, 0.05) is 18.0 Å². The van der Waals surface area contributed by atoms with Crippen molar-refractivity contribution in [3.05, 3.63) is 12.4 Å². The van der Waals surface area contributed by atoms with E-state index in [-0.39, 0.29) is 0 Å². The molecule has 1 aromatic heterocycles. The normalized spacial score (nSPS) is 13.2. The Kier molecular flexibility index (Phi) is 4.44. The van der Waals surface area contributed by atoms with Crippen LogP contribution < -0.4 is 5.30 Å². The van der Waals surface area contributed by atoms with Gasteiger partial charge in [-0.25, -0.2) is 0 Å². The van der Waals surface area contributed by atoms with Crippen LogP contribution in [0.2, 0.25) is 0 Å². The Morgan fingerprint density at radius 2 is 2.38 bits per heavy atom. The maximum absolute atomic E-state index is 4.23. The largest absolute Gasteiger partial charge is 0.272 e. The highest BCUT2D eigenvalue weighted by Gasteiger charge is 1.99. The van der Waals surface area contributed by atoms with Crippen molar-refractivity contribution in [2.45, 2.75) is 39.7 Å². The summed E-state index contributed by atoms with van der Waals surface area (Å²) in [6.45, 7) is 5.61. The molecule has 2 nitrogen and oxygen atoms in total. The highest BCUT2D eigenvalue weighted by atomic mass is 31.0. The van der Waals surface area contributed by atoms with Crippen LogP contribution in [0.1, 0.15) is 33.1 Å². The second-order valence-electron chi connectivity index (χ2n) is 3.69. The van der Waals surface area contributed by atoms with Gasteiger partial charge in [0.2, 0.25) is 0 Å². The highest BCUT2D eigenvalue weighted by Crippen LogP contribution is 2.09. The fraction of sp³-hybridized carbons (Fsp3) is 0.700. The number of aromatic nitrogens is 2. The number of hydrogen-bond donors (Lipinski definition) is 0. The van der Waals surface area contributed by atoms with Gasteiger partial charge in [0.05, 0.1) is 6.20 Å². The molecule has 0 spiro atoms. The lowest BCUT2D eigenvalue weighted by atomic mass is 10.0. The Hall–Kier alpha value is -0.360. The SMILES string of the molecule is CCC(C)CCCn1cc(P)cn1. The first-order valence-electron chi connectivity index (χ1n) is 5.00. The molecule has 13 heavy (non-hydrogen) atoms. The van der Waals surface area contributed by atoms with Gasteiger partial charge in [-0.3, -0.25) is 4.68 Å². The van der Waals surface area contributed by atoms with Crippen LogP contribution in [0.15, 0.2) is 12.4 Å². The average molecular weight is 198 g/mol. The summed E-state index contributed by atoms with van der Waals surface area (Å²) in [5.41, 5.74) is 0. The highest BCUT2D eigenvalue weighted by molar-refractivity contribution is 7.27. The fourth-order valence-corrected chi connectivity index (χ4v) is 1.55. The zero-order valence-corrected chi connectivity index (χ0v) is 9.69. The van der Waals surface area contributed by atoms with Gasteiger partial charge in [-0.2, -0.15) is 5.10 Å². The van der Waals surface area contributed by atoms with Crippen molar-refractivity contribution in [1.82, 2.24) is 9.78 Å². The van der Waals surface area contributed by atoms with Crippen molar-refractivity contribution in [2.24, 2.45) is 5.92 Å². The van der Waals surface area contributed by atoms with Crippen LogP contribution in [-0.4, -0.2) is 9.78 Å². The zero-order chi connectivity index (χ0) is 9.68. The Morgan fingerprint density at radius 1 is 1.62 bits per heavy atom. The monoisotopic (exact) mass is 198 g/mol. The predicted octanol–water partition coefficient (Wildman–Crippen LogP) is 2.21. The van der Waals surface area contributed by atoms with Gasteiger partial charge in [-0.15, -0.1) is 9.24 Å². The quantitative estimate of drug-likeness (QED) is 0.663. The number of rotatable bonds is 5. The van der Waals surface area contributed by atoms with Crippen molar-refractivity contribution in [3.63, 3.8) is 0 Å². The summed E-state index contributed by atoms with van der Waals surface area (Å²) in [5.74, 6) is 0.853. The Bertz CT molecular complexity index is 245. The van der Waals surface area contributed by atoms with Gasteiger partial charge in [0.25, 0.3) is 0 Å². The molecule has 0 amide bonds. The lowest BCUT2D eigenvalue weighted by Gasteiger charge is -2.07. The maximum atomic E-state index is 4.23. The van der Waals surface area contributed by atoms with E-state index in [1.54, 1.807) is 0 Å². The van der Waals surface area contributed by atoms with E-state index in [1.165, 1.54) is 24.6 Å². The van der Waals surface area contributed by atoms with Crippen molar-refractivity contribution >= 4 is 14.5 Å². The molecule has 1 heterocycles. The second-order valence-corrected chi connectivity index (χ2v) is 4.36. The number of hydrogen-bond acceptors (Lipinski definition) is 1. The number of aryl methyl sites for hydroxylation is 1. The van der Waals surface area contributed by atoms with Crippen molar-refractivity contribution in [3.8, 4) is 0 Å². The Labute approximate surface area is 82.9 Å². The van der Waals surface area contributed by atoms with E-state index in [0.717, 1.165) is 12.5 Å². The van der Waals surface area contributed by atoms with Gasteiger partial charge >= 0.3 is 0 Å². The third-order valence-electron chi connectivity index (χ3n) is 2.43. The molecule has 2 atom stereocenters. The molecule has 2 unspecified atom stereocenters. The molecule has 0 radical (unpaired) electrons. The van der Waals surface area contributed by atoms with Crippen molar-refractivity contribution in [2.75, 3.05) is 0 Å². The molecule has 0 aromatic carbocycles. The van der Waals surface area contributed by atoms with E-state index in [9.17, 15) is 0 Å². The van der Waals surface area contributed by atoms with Gasteiger partial charge in [0.15, 0.2) is 0 Å². The lowest BCUT2D eigenvalue weighted by Crippen LogP contribution is -2.01. The summed E-state index contributed by atoms with van der Waals surface area (Å²) < 4.78 is 2.02. The van der Waals surface area contributed by atoms with Crippen molar-refractivity contribution in [1.29, 1.82) is 0 Å². The van der Waals surface area contributed by atoms with Crippen LogP contribution in [0.3, 0.4) is 0 Å². The van der Waals surface area contributed by atoms with Crippen LogP contribution in [0, 0.1) is 5.92 Å². The van der Waals surface area contributed by atoms with Crippen molar-refractivity contribution < 1.29 is 0 Å². The zero-order valence-electron chi connectivity index (χ0n) is 8.53. The smallest absolute Gasteiger partial charge is 0.0561 e.